The fraction of sp³-hybridized carbons (Fsp3) is 0.370. The van der Waals surface area contributed by atoms with E-state index in [1.165, 1.54) is 25.7 Å². The van der Waals surface area contributed by atoms with E-state index in [2.05, 4.69) is 18.8 Å². The SMILES string of the molecule is CCCCCOc1ccc(-c2ccc(-c3ccc(CCCCC)cc3F)nc2)cc1. The molecular formula is C27H32FNO. The molecule has 0 spiro atoms. The predicted molar refractivity (Wildman–Crippen MR) is 123 cm³/mol. The molecule has 0 aliphatic carbocycles. The minimum Gasteiger partial charge on any atom is -0.494 e. The van der Waals surface area contributed by atoms with Gasteiger partial charge in [-0.15, -0.1) is 0 Å². The molecule has 3 rings (SSSR count). The molecule has 0 radical (unpaired) electrons. The lowest BCUT2D eigenvalue weighted by Gasteiger charge is -2.09. The van der Waals surface area contributed by atoms with Crippen LogP contribution in [0, 0.1) is 5.82 Å². The Morgan fingerprint density at radius 3 is 2.20 bits per heavy atom. The van der Waals surface area contributed by atoms with Crippen LogP contribution in [0.25, 0.3) is 22.4 Å². The number of rotatable bonds is 11. The Morgan fingerprint density at radius 2 is 1.53 bits per heavy atom. The number of hydrogen-bond acceptors (Lipinski definition) is 2. The third-order valence-corrected chi connectivity index (χ3v) is 5.35. The van der Waals surface area contributed by atoms with Gasteiger partial charge in [0.2, 0.25) is 0 Å². The number of unbranched alkanes of at least 4 members (excludes halogenated alkanes) is 4. The fourth-order valence-corrected chi connectivity index (χ4v) is 3.51. The lowest BCUT2D eigenvalue weighted by molar-refractivity contribution is 0.306. The van der Waals surface area contributed by atoms with E-state index in [1.807, 2.05) is 48.5 Å². The number of benzene rings is 2. The van der Waals surface area contributed by atoms with Gasteiger partial charge in [-0.3, -0.25) is 4.98 Å². The average molecular weight is 406 g/mol. The first-order valence-electron chi connectivity index (χ1n) is 11.2. The lowest BCUT2D eigenvalue weighted by Crippen LogP contribution is -1.96. The lowest BCUT2D eigenvalue weighted by atomic mass is 10.0. The van der Waals surface area contributed by atoms with Gasteiger partial charge in [0, 0.05) is 17.3 Å². The molecule has 30 heavy (non-hydrogen) atoms. The van der Waals surface area contributed by atoms with Crippen LogP contribution in [0.2, 0.25) is 0 Å². The Balaban J connectivity index is 1.64. The Kier molecular flexibility index (Phi) is 8.43. The third kappa shape index (κ3) is 6.16. The highest BCUT2D eigenvalue weighted by Crippen LogP contribution is 2.26. The standard InChI is InChI=1S/C27H32FNO/c1-3-5-7-9-21-10-16-25(26(28)19-21)27-17-13-23(20-29-27)22-11-14-24(15-12-22)30-18-8-6-4-2/h10-17,19-20H,3-9,18H2,1-2H3. The number of pyridine rings is 1. The van der Waals surface area contributed by atoms with E-state index < -0.39 is 0 Å². The monoisotopic (exact) mass is 405 g/mol. The topological polar surface area (TPSA) is 22.1 Å². The fourth-order valence-electron chi connectivity index (χ4n) is 3.51. The van der Waals surface area contributed by atoms with Crippen molar-refractivity contribution in [1.29, 1.82) is 0 Å². The van der Waals surface area contributed by atoms with Crippen LogP contribution in [0.4, 0.5) is 4.39 Å². The molecule has 1 aromatic heterocycles. The summed E-state index contributed by atoms with van der Waals surface area (Å²) in [5.74, 6) is 0.689. The van der Waals surface area contributed by atoms with Crippen molar-refractivity contribution in [2.75, 3.05) is 6.61 Å². The van der Waals surface area contributed by atoms with Gasteiger partial charge >= 0.3 is 0 Å². The van der Waals surface area contributed by atoms with Crippen LogP contribution in [0.1, 0.15) is 57.9 Å². The second kappa shape index (κ2) is 11.5. The molecule has 3 heteroatoms. The Labute approximate surface area is 180 Å². The van der Waals surface area contributed by atoms with E-state index in [0.29, 0.717) is 11.3 Å². The molecular weight excluding hydrogens is 373 g/mol. The molecule has 158 valence electrons. The quantitative estimate of drug-likeness (QED) is 0.303. The van der Waals surface area contributed by atoms with E-state index in [9.17, 15) is 4.39 Å². The average Bonchev–Trinajstić information content (AvgIpc) is 2.78. The highest BCUT2D eigenvalue weighted by Gasteiger charge is 2.08. The zero-order valence-electron chi connectivity index (χ0n) is 18.2. The normalized spacial score (nSPS) is 10.9. The van der Waals surface area contributed by atoms with E-state index in [-0.39, 0.29) is 5.82 Å². The molecule has 3 aromatic rings. The van der Waals surface area contributed by atoms with Crippen molar-refractivity contribution in [3.63, 3.8) is 0 Å². The summed E-state index contributed by atoms with van der Waals surface area (Å²) in [6.07, 6.45) is 9.65. The molecule has 0 fully saturated rings. The summed E-state index contributed by atoms with van der Waals surface area (Å²) in [6, 6.07) is 17.5. The molecule has 0 atom stereocenters. The third-order valence-electron chi connectivity index (χ3n) is 5.35. The Hall–Kier alpha value is -2.68. The smallest absolute Gasteiger partial charge is 0.132 e. The summed E-state index contributed by atoms with van der Waals surface area (Å²) in [6.45, 7) is 5.12. The van der Waals surface area contributed by atoms with Gasteiger partial charge in [0.1, 0.15) is 11.6 Å². The first kappa shape index (κ1) is 22.0. The molecule has 0 bridgehead atoms. The van der Waals surface area contributed by atoms with Crippen LogP contribution < -0.4 is 4.74 Å². The zero-order valence-corrected chi connectivity index (χ0v) is 18.2. The molecule has 0 aliphatic heterocycles. The van der Waals surface area contributed by atoms with E-state index in [4.69, 9.17) is 4.74 Å². The molecule has 2 nitrogen and oxygen atoms in total. The van der Waals surface area contributed by atoms with Crippen molar-refractivity contribution >= 4 is 0 Å². The van der Waals surface area contributed by atoms with Gasteiger partial charge in [-0.05, 0) is 60.7 Å². The highest BCUT2D eigenvalue weighted by molar-refractivity contribution is 5.67. The van der Waals surface area contributed by atoms with Gasteiger partial charge in [0.05, 0.1) is 12.3 Å². The largest absolute Gasteiger partial charge is 0.494 e. The van der Waals surface area contributed by atoms with Crippen LogP contribution in [0.15, 0.2) is 60.8 Å². The van der Waals surface area contributed by atoms with E-state index in [1.54, 1.807) is 12.3 Å². The molecule has 1 heterocycles. The summed E-state index contributed by atoms with van der Waals surface area (Å²) in [4.78, 5) is 4.51. The van der Waals surface area contributed by atoms with Crippen LogP contribution in [0.3, 0.4) is 0 Å². The minimum absolute atomic E-state index is 0.200. The highest BCUT2D eigenvalue weighted by atomic mass is 19.1. The van der Waals surface area contributed by atoms with Gasteiger partial charge in [-0.2, -0.15) is 0 Å². The number of aromatic nitrogens is 1. The van der Waals surface area contributed by atoms with Crippen molar-refractivity contribution in [1.82, 2.24) is 4.98 Å². The first-order chi connectivity index (χ1) is 14.7. The molecule has 0 saturated heterocycles. The van der Waals surface area contributed by atoms with Gasteiger partial charge in [-0.1, -0.05) is 63.8 Å². The Bertz CT molecular complexity index is 903. The molecule has 0 saturated carbocycles. The summed E-state index contributed by atoms with van der Waals surface area (Å²) in [5, 5.41) is 0. The van der Waals surface area contributed by atoms with Crippen molar-refractivity contribution in [2.24, 2.45) is 0 Å². The second-order valence-corrected chi connectivity index (χ2v) is 7.78. The number of aryl methyl sites for hydroxylation is 1. The maximum Gasteiger partial charge on any atom is 0.132 e. The molecule has 0 aliphatic rings. The summed E-state index contributed by atoms with van der Waals surface area (Å²) in [5.41, 5.74) is 4.34. The Morgan fingerprint density at radius 1 is 0.800 bits per heavy atom. The summed E-state index contributed by atoms with van der Waals surface area (Å²) >= 11 is 0. The van der Waals surface area contributed by atoms with Crippen molar-refractivity contribution < 1.29 is 9.13 Å². The minimum atomic E-state index is -0.200. The summed E-state index contributed by atoms with van der Waals surface area (Å²) < 4.78 is 20.4. The molecule has 0 unspecified atom stereocenters. The maximum atomic E-state index is 14.6. The van der Waals surface area contributed by atoms with Crippen LogP contribution in [0.5, 0.6) is 5.75 Å². The van der Waals surface area contributed by atoms with E-state index in [0.717, 1.165) is 48.3 Å². The van der Waals surface area contributed by atoms with Gasteiger partial charge in [0.15, 0.2) is 0 Å². The maximum absolute atomic E-state index is 14.6. The van der Waals surface area contributed by atoms with Crippen molar-refractivity contribution in [3.8, 4) is 28.1 Å². The van der Waals surface area contributed by atoms with Crippen LogP contribution in [-0.2, 0) is 6.42 Å². The van der Waals surface area contributed by atoms with Crippen LogP contribution in [-0.4, -0.2) is 11.6 Å². The van der Waals surface area contributed by atoms with E-state index >= 15 is 0 Å². The number of halogens is 1. The first-order valence-corrected chi connectivity index (χ1v) is 11.2. The van der Waals surface area contributed by atoms with Gasteiger partial charge in [0.25, 0.3) is 0 Å². The molecule has 2 aromatic carbocycles. The summed E-state index contributed by atoms with van der Waals surface area (Å²) in [7, 11) is 0. The van der Waals surface area contributed by atoms with Gasteiger partial charge in [-0.25, -0.2) is 4.39 Å². The van der Waals surface area contributed by atoms with Crippen LogP contribution >= 0.6 is 0 Å². The van der Waals surface area contributed by atoms with Crippen molar-refractivity contribution in [2.45, 2.75) is 58.8 Å². The van der Waals surface area contributed by atoms with Crippen molar-refractivity contribution in [3.05, 3.63) is 72.2 Å². The number of ether oxygens (including phenoxy) is 1. The zero-order chi connectivity index (χ0) is 21.2. The number of hydrogen-bond donors (Lipinski definition) is 0. The number of nitrogens with zero attached hydrogens (tertiary/aromatic N) is 1. The van der Waals surface area contributed by atoms with Gasteiger partial charge < -0.3 is 4.74 Å². The predicted octanol–water partition coefficient (Wildman–Crippen LogP) is 7.86. The molecule has 0 N–H and O–H groups in total. The second-order valence-electron chi connectivity index (χ2n) is 7.78. The molecule has 0 amide bonds.